The van der Waals surface area contributed by atoms with E-state index in [2.05, 4.69) is 48.3 Å². The van der Waals surface area contributed by atoms with E-state index in [1.165, 1.54) is 11.1 Å². The number of hydrogen-bond donors (Lipinski definition) is 1. The highest BCUT2D eigenvalue weighted by atomic mass is 16.2. The van der Waals surface area contributed by atoms with Crippen molar-refractivity contribution in [3.05, 3.63) is 35.4 Å². The second-order valence-corrected chi connectivity index (χ2v) is 4.96. The van der Waals surface area contributed by atoms with Gasteiger partial charge < -0.3 is 5.32 Å². The molecule has 0 atom stereocenters. The molecule has 1 amide bonds. The van der Waals surface area contributed by atoms with Gasteiger partial charge in [-0.1, -0.05) is 38.1 Å². The summed E-state index contributed by atoms with van der Waals surface area (Å²) in [6.45, 7) is 7.50. The summed E-state index contributed by atoms with van der Waals surface area (Å²) in [5, 5.41) is 2.85. The molecule has 0 saturated carbocycles. The molecule has 1 aliphatic rings. The number of rotatable bonds is 3. The Morgan fingerprint density at radius 1 is 1.41 bits per heavy atom. The summed E-state index contributed by atoms with van der Waals surface area (Å²) < 4.78 is 0. The smallest absolute Gasteiger partial charge is 0.234 e. The molecule has 1 aliphatic heterocycles. The van der Waals surface area contributed by atoms with Crippen LogP contribution in [0.5, 0.6) is 0 Å². The molecule has 0 spiro atoms. The van der Waals surface area contributed by atoms with Gasteiger partial charge in [0.25, 0.3) is 0 Å². The minimum absolute atomic E-state index is 0.135. The number of nitrogens with one attached hydrogen (secondary N) is 1. The molecule has 1 fully saturated rings. The fraction of sp³-hybridized carbons (Fsp3) is 0.500. The summed E-state index contributed by atoms with van der Waals surface area (Å²) >= 11 is 0. The zero-order chi connectivity index (χ0) is 12.3. The molecule has 1 aromatic carbocycles. The van der Waals surface area contributed by atoms with Gasteiger partial charge >= 0.3 is 0 Å². The lowest BCUT2D eigenvalue weighted by molar-refractivity contribution is -0.124. The zero-order valence-corrected chi connectivity index (χ0v) is 10.6. The molecular weight excluding hydrogens is 212 g/mol. The molecule has 1 N–H and O–H groups in total. The maximum atomic E-state index is 11.3. The Balaban J connectivity index is 2.02. The fourth-order valence-corrected chi connectivity index (χ4v) is 2.14. The minimum atomic E-state index is 0.135. The van der Waals surface area contributed by atoms with Gasteiger partial charge in [-0.25, -0.2) is 0 Å². The van der Waals surface area contributed by atoms with E-state index in [-0.39, 0.29) is 5.91 Å². The van der Waals surface area contributed by atoms with Crippen molar-refractivity contribution < 1.29 is 4.79 Å². The van der Waals surface area contributed by atoms with Crippen LogP contribution in [0.1, 0.15) is 30.9 Å². The maximum absolute atomic E-state index is 11.3. The predicted molar refractivity (Wildman–Crippen MR) is 68.8 cm³/mol. The molecule has 0 unspecified atom stereocenters. The van der Waals surface area contributed by atoms with E-state index in [1.807, 2.05) is 0 Å². The number of benzene rings is 1. The van der Waals surface area contributed by atoms with Crippen LogP contribution in [0.25, 0.3) is 0 Å². The Kier molecular flexibility index (Phi) is 3.79. The lowest BCUT2D eigenvalue weighted by Gasteiger charge is -2.26. The van der Waals surface area contributed by atoms with Gasteiger partial charge in [-0.15, -0.1) is 0 Å². The van der Waals surface area contributed by atoms with Crippen molar-refractivity contribution in [1.29, 1.82) is 0 Å². The molecule has 2 rings (SSSR count). The van der Waals surface area contributed by atoms with Crippen molar-refractivity contribution in [2.45, 2.75) is 26.3 Å². The van der Waals surface area contributed by atoms with Crippen LogP contribution in [0.15, 0.2) is 24.3 Å². The van der Waals surface area contributed by atoms with Gasteiger partial charge in [-0.3, -0.25) is 9.69 Å². The third kappa shape index (κ3) is 3.30. The molecule has 0 radical (unpaired) electrons. The van der Waals surface area contributed by atoms with Crippen molar-refractivity contribution in [1.82, 2.24) is 10.2 Å². The Bertz CT molecular complexity index is 401. The molecule has 17 heavy (non-hydrogen) atoms. The molecule has 1 heterocycles. The molecule has 92 valence electrons. The van der Waals surface area contributed by atoms with Gasteiger partial charge in [-0.05, 0) is 17.0 Å². The first-order valence-corrected chi connectivity index (χ1v) is 6.23. The topological polar surface area (TPSA) is 32.3 Å². The Morgan fingerprint density at radius 2 is 2.24 bits per heavy atom. The van der Waals surface area contributed by atoms with Crippen LogP contribution >= 0.6 is 0 Å². The Morgan fingerprint density at radius 3 is 2.94 bits per heavy atom. The largest absolute Gasteiger partial charge is 0.354 e. The molecule has 3 nitrogen and oxygen atoms in total. The summed E-state index contributed by atoms with van der Waals surface area (Å²) in [5.41, 5.74) is 2.66. The molecule has 3 heteroatoms. The Hall–Kier alpha value is -1.35. The van der Waals surface area contributed by atoms with Crippen molar-refractivity contribution in [3.63, 3.8) is 0 Å². The number of amides is 1. The number of piperazine rings is 1. The highest BCUT2D eigenvalue weighted by molar-refractivity contribution is 5.78. The van der Waals surface area contributed by atoms with E-state index in [4.69, 9.17) is 0 Å². The molecule has 0 bridgehead atoms. The predicted octanol–water partition coefficient (Wildman–Crippen LogP) is 1.74. The van der Waals surface area contributed by atoms with E-state index >= 15 is 0 Å². The number of carbonyl (C=O) groups is 1. The fourth-order valence-electron chi connectivity index (χ4n) is 2.14. The zero-order valence-electron chi connectivity index (χ0n) is 10.6. The average molecular weight is 232 g/mol. The van der Waals surface area contributed by atoms with Crippen molar-refractivity contribution in [2.24, 2.45) is 0 Å². The van der Waals surface area contributed by atoms with Crippen LogP contribution in [-0.2, 0) is 11.3 Å². The number of hydrogen-bond acceptors (Lipinski definition) is 2. The van der Waals surface area contributed by atoms with Gasteiger partial charge in [0.1, 0.15) is 0 Å². The summed E-state index contributed by atoms with van der Waals surface area (Å²) in [6.07, 6.45) is 0. The highest BCUT2D eigenvalue weighted by Crippen LogP contribution is 2.16. The summed E-state index contributed by atoms with van der Waals surface area (Å²) in [7, 11) is 0. The van der Waals surface area contributed by atoms with Gasteiger partial charge in [0, 0.05) is 19.6 Å². The lowest BCUT2D eigenvalue weighted by atomic mass is 10.0. The molecule has 1 aromatic rings. The van der Waals surface area contributed by atoms with Crippen LogP contribution in [0.4, 0.5) is 0 Å². The quantitative estimate of drug-likeness (QED) is 0.861. The molecule has 0 aromatic heterocycles. The van der Waals surface area contributed by atoms with E-state index in [0.717, 1.165) is 19.6 Å². The van der Waals surface area contributed by atoms with E-state index in [9.17, 15) is 4.79 Å². The van der Waals surface area contributed by atoms with Gasteiger partial charge in [-0.2, -0.15) is 0 Å². The molecule has 0 aliphatic carbocycles. The maximum Gasteiger partial charge on any atom is 0.234 e. The van der Waals surface area contributed by atoms with Crippen LogP contribution in [0, 0.1) is 0 Å². The van der Waals surface area contributed by atoms with Crippen LogP contribution in [0.3, 0.4) is 0 Å². The summed E-state index contributed by atoms with van der Waals surface area (Å²) in [4.78, 5) is 13.5. The first-order chi connectivity index (χ1) is 8.15. The standard InChI is InChI=1S/C14H20N2O/c1-11(2)13-5-3-4-12(8-13)9-16-7-6-15-14(17)10-16/h3-5,8,11H,6-7,9-10H2,1-2H3,(H,15,17). The normalized spacial score (nSPS) is 17.2. The van der Waals surface area contributed by atoms with Gasteiger partial charge in [0.2, 0.25) is 5.91 Å². The highest BCUT2D eigenvalue weighted by Gasteiger charge is 2.16. The first kappa shape index (κ1) is 12.1. The minimum Gasteiger partial charge on any atom is -0.354 e. The Labute approximate surface area is 103 Å². The van der Waals surface area contributed by atoms with Crippen LogP contribution < -0.4 is 5.32 Å². The number of nitrogens with zero attached hydrogens (tertiary/aromatic N) is 1. The third-order valence-corrected chi connectivity index (χ3v) is 3.14. The molecular formula is C14H20N2O. The SMILES string of the molecule is CC(C)c1cccc(CN2CCNC(=O)C2)c1. The summed E-state index contributed by atoms with van der Waals surface area (Å²) in [5.74, 6) is 0.691. The molecule has 1 saturated heterocycles. The number of carbonyl (C=O) groups excluding carboxylic acids is 1. The second kappa shape index (κ2) is 5.32. The van der Waals surface area contributed by atoms with Crippen molar-refractivity contribution in [3.8, 4) is 0 Å². The van der Waals surface area contributed by atoms with Gasteiger partial charge in [0.15, 0.2) is 0 Å². The van der Waals surface area contributed by atoms with E-state index in [1.54, 1.807) is 0 Å². The monoisotopic (exact) mass is 232 g/mol. The van der Waals surface area contributed by atoms with Gasteiger partial charge in [0.05, 0.1) is 6.54 Å². The summed E-state index contributed by atoms with van der Waals surface area (Å²) in [6, 6.07) is 8.65. The van der Waals surface area contributed by atoms with E-state index in [0.29, 0.717) is 12.5 Å². The van der Waals surface area contributed by atoms with Crippen molar-refractivity contribution in [2.75, 3.05) is 19.6 Å². The van der Waals surface area contributed by atoms with Crippen LogP contribution in [0.2, 0.25) is 0 Å². The van der Waals surface area contributed by atoms with E-state index < -0.39 is 0 Å². The second-order valence-electron chi connectivity index (χ2n) is 4.96. The lowest BCUT2D eigenvalue weighted by Crippen LogP contribution is -2.47. The first-order valence-electron chi connectivity index (χ1n) is 6.23. The average Bonchev–Trinajstić information content (AvgIpc) is 2.29. The third-order valence-electron chi connectivity index (χ3n) is 3.14. The van der Waals surface area contributed by atoms with Crippen molar-refractivity contribution >= 4 is 5.91 Å². The van der Waals surface area contributed by atoms with Crippen LogP contribution in [-0.4, -0.2) is 30.4 Å².